The number of thiophene rings is 1. The fourth-order valence-corrected chi connectivity index (χ4v) is 5.86. The highest BCUT2D eigenvalue weighted by atomic mass is 32.2. The minimum atomic E-state index is -0.796. The molecule has 10 nitrogen and oxygen atoms in total. The Bertz CT molecular complexity index is 1650. The molecule has 3 heterocycles. The number of carbonyl (C=O) groups is 3. The molecular formula is C27H24F2N4O6S2. The van der Waals surface area contributed by atoms with E-state index >= 15 is 0 Å². The first-order valence-corrected chi connectivity index (χ1v) is 14.4. The number of aryl methyl sites for hydroxylation is 1. The second kappa shape index (κ2) is 12.8. The SMILES string of the molecule is Cc1ccc(F)c(NC(=O)Nc2ccc(Oc3ccnc4cc(C(N)=O)sc34)cc2F)c1.O=C(O)CC1CS(=O)C1. The van der Waals surface area contributed by atoms with E-state index in [1.165, 1.54) is 30.5 Å². The number of carboxylic acid groups (broad SMARTS) is 1. The van der Waals surface area contributed by atoms with Crippen LogP contribution in [-0.2, 0) is 15.6 Å². The van der Waals surface area contributed by atoms with E-state index in [1.807, 2.05) is 0 Å². The number of urea groups is 1. The topological polar surface area (TPSA) is 161 Å². The minimum Gasteiger partial charge on any atom is -0.481 e. The molecule has 0 atom stereocenters. The summed E-state index contributed by atoms with van der Waals surface area (Å²) in [5, 5.41) is 12.9. The van der Waals surface area contributed by atoms with E-state index in [4.69, 9.17) is 15.6 Å². The molecule has 214 valence electrons. The zero-order valence-electron chi connectivity index (χ0n) is 21.5. The van der Waals surface area contributed by atoms with Gasteiger partial charge in [-0.2, -0.15) is 0 Å². The van der Waals surface area contributed by atoms with Crippen molar-refractivity contribution in [2.45, 2.75) is 13.3 Å². The summed E-state index contributed by atoms with van der Waals surface area (Å²) in [6, 6.07) is 10.5. The highest BCUT2D eigenvalue weighted by molar-refractivity contribution is 7.86. The molecule has 5 N–H and O–H groups in total. The molecule has 3 amide bonds. The van der Waals surface area contributed by atoms with Crippen molar-refractivity contribution in [3.8, 4) is 11.5 Å². The molecule has 4 aromatic rings. The molecule has 0 radical (unpaired) electrons. The van der Waals surface area contributed by atoms with Crippen LogP contribution >= 0.6 is 11.3 Å². The number of benzene rings is 2. The first kappa shape index (κ1) is 29.6. The van der Waals surface area contributed by atoms with Crippen LogP contribution in [0.2, 0.25) is 0 Å². The summed E-state index contributed by atoms with van der Waals surface area (Å²) >= 11 is 1.12. The standard InChI is InChI=1S/C22H16F2N4O3S.C5H8O3S/c1-11-2-4-13(23)16(8-11)28-22(30)27-15-5-3-12(9-14(15)24)31-18-6-7-26-17-10-19(21(25)29)32-20(17)18;6-5(7)1-4-2-9(8)3-4/h2-10H,1H3,(H2,25,29)(H2,27,28,30);4H,1-3H2,(H,6,7). The van der Waals surface area contributed by atoms with Crippen molar-refractivity contribution in [2.24, 2.45) is 11.7 Å². The Hall–Kier alpha value is -4.43. The lowest BCUT2D eigenvalue weighted by Gasteiger charge is -2.22. The number of fused-ring (bicyclic) bond motifs is 1. The van der Waals surface area contributed by atoms with Gasteiger partial charge in [-0.15, -0.1) is 11.3 Å². The molecule has 1 aliphatic rings. The average Bonchev–Trinajstić information content (AvgIpc) is 3.33. The van der Waals surface area contributed by atoms with Crippen molar-refractivity contribution < 1.29 is 37.2 Å². The fourth-order valence-electron chi connectivity index (χ4n) is 3.76. The van der Waals surface area contributed by atoms with Gasteiger partial charge < -0.3 is 26.2 Å². The van der Waals surface area contributed by atoms with Crippen LogP contribution in [0.4, 0.5) is 25.0 Å². The van der Waals surface area contributed by atoms with E-state index in [1.54, 1.807) is 25.1 Å². The molecule has 0 unspecified atom stereocenters. The monoisotopic (exact) mass is 602 g/mol. The molecule has 1 aliphatic heterocycles. The number of halogens is 2. The number of rotatable bonds is 7. The summed E-state index contributed by atoms with van der Waals surface area (Å²) in [5.74, 6) is -0.814. The van der Waals surface area contributed by atoms with E-state index < -0.39 is 40.3 Å². The molecule has 0 spiro atoms. The van der Waals surface area contributed by atoms with Gasteiger partial charge in [-0.05, 0) is 48.7 Å². The first-order valence-electron chi connectivity index (χ1n) is 12.0. The highest BCUT2D eigenvalue weighted by Gasteiger charge is 2.27. The van der Waals surface area contributed by atoms with Crippen LogP contribution < -0.4 is 21.1 Å². The lowest BCUT2D eigenvalue weighted by molar-refractivity contribution is -0.137. The van der Waals surface area contributed by atoms with Crippen molar-refractivity contribution in [3.05, 3.63) is 76.8 Å². The smallest absolute Gasteiger partial charge is 0.323 e. The molecule has 2 aromatic carbocycles. The third kappa shape index (κ3) is 7.83. The quantitative estimate of drug-likeness (QED) is 0.224. The fraction of sp³-hybridized carbons (Fsp3) is 0.185. The number of aromatic nitrogens is 1. The van der Waals surface area contributed by atoms with E-state index in [9.17, 15) is 27.4 Å². The van der Waals surface area contributed by atoms with Crippen molar-refractivity contribution in [3.63, 3.8) is 0 Å². The van der Waals surface area contributed by atoms with Gasteiger partial charge in [0.05, 0.1) is 26.5 Å². The number of carbonyl (C=O) groups excluding carboxylic acids is 2. The molecule has 0 bridgehead atoms. The molecular weight excluding hydrogens is 578 g/mol. The minimum absolute atomic E-state index is 0.0177. The maximum absolute atomic E-state index is 14.6. The summed E-state index contributed by atoms with van der Waals surface area (Å²) in [4.78, 5) is 38.1. The molecule has 1 saturated heterocycles. The normalized spacial score (nSPS) is 15.7. The third-order valence-electron chi connectivity index (χ3n) is 5.71. The maximum atomic E-state index is 14.6. The van der Waals surface area contributed by atoms with Crippen LogP contribution in [0.25, 0.3) is 10.2 Å². The van der Waals surface area contributed by atoms with Crippen LogP contribution in [0.1, 0.15) is 21.7 Å². The summed E-state index contributed by atoms with van der Waals surface area (Å²) in [7, 11) is -0.702. The summed E-state index contributed by atoms with van der Waals surface area (Å²) in [6.45, 7) is 1.75. The summed E-state index contributed by atoms with van der Waals surface area (Å²) in [5.41, 5.74) is 6.47. The van der Waals surface area contributed by atoms with E-state index in [2.05, 4.69) is 15.6 Å². The van der Waals surface area contributed by atoms with Crippen molar-refractivity contribution in [1.29, 1.82) is 0 Å². The number of anilines is 2. The van der Waals surface area contributed by atoms with Crippen LogP contribution in [0.5, 0.6) is 11.5 Å². The van der Waals surface area contributed by atoms with Crippen LogP contribution in [0, 0.1) is 24.5 Å². The molecule has 14 heteroatoms. The molecule has 2 aromatic heterocycles. The third-order valence-corrected chi connectivity index (χ3v) is 8.55. The van der Waals surface area contributed by atoms with Crippen LogP contribution in [0.3, 0.4) is 0 Å². The van der Waals surface area contributed by atoms with Gasteiger partial charge in [-0.25, -0.2) is 13.6 Å². The Morgan fingerprint density at radius 3 is 2.46 bits per heavy atom. The number of hydrogen-bond donors (Lipinski definition) is 4. The predicted molar refractivity (Wildman–Crippen MR) is 152 cm³/mol. The zero-order valence-corrected chi connectivity index (χ0v) is 23.1. The highest BCUT2D eigenvalue weighted by Crippen LogP contribution is 2.35. The number of aliphatic carboxylic acids is 1. The lowest BCUT2D eigenvalue weighted by atomic mass is 10.1. The maximum Gasteiger partial charge on any atom is 0.323 e. The second-order valence-electron chi connectivity index (χ2n) is 9.04. The van der Waals surface area contributed by atoms with Crippen LogP contribution in [-0.4, -0.2) is 43.7 Å². The van der Waals surface area contributed by atoms with E-state index in [-0.39, 0.29) is 29.5 Å². The number of nitrogens with one attached hydrogen (secondary N) is 2. The predicted octanol–water partition coefficient (Wildman–Crippen LogP) is 5.26. The van der Waals surface area contributed by atoms with Gasteiger partial charge in [0.15, 0.2) is 0 Å². The summed E-state index contributed by atoms with van der Waals surface area (Å²) < 4.78 is 45.1. The largest absolute Gasteiger partial charge is 0.481 e. The average molecular weight is 603 g/mol. The number of amides is 3. The second-order valence-corrected chi connectivity index (χ2v) is 11.6. The Kier molecular flexibility index (Phi) is 9.24. The zero-order chi connectivity index (χ0) is 29.7. The van der Waals surface area contributed by atoms with Gasteiger partial charge in [-0.3, -0.25) is 18.8 Å². The molecule has 41 heavy (non-hydrogen) atoms. The van der Waals surface area contributed by atoms with Gasteiger partial charge in [0.1, 0.15) is 23.1 Å². The number of nitrogens with zero attached hydrogens (tertiary/aromatic N) is 1. The molecule has 0 aliphatic carbocycles. The Labute approximate surface area is 239 Å². The van der Waals surface area contributed by atoms with Crippen LogP contribution in [0.15, 0.2) is 54.7 Å². The van der Waals surface area contributed by atoms with Gasteiger partial charge in [-0.1, -0.05) is 6.07 Å². The number of ether oxygens (including phenoxy) is 1. The van der Waals surface area contributed by atoms with Crippen molar-refractivity contribution in [1.82, 2.24) is 4.98 Å². The van der Waals surface area contributed by atoms with Gasteiger partial charge in [0, 0.05) is 47.1 Å². The first-order chi connectivity index (χ1) is 19.5. The Balaban J connectivity index is 0.000000367. The van der Waals surface area contributed by atoms with E-state index in [0.717, 1.165) is 23.0 Å². The van der Waals surface area contributed by atoms with Gasteiger partial charge >= 0.3 is 12.0 Å². The molecule has 5 rings (SSSR count). The Morgan fingerprint density at radius 2 is 1.80 bits per heavy atom. The van der Waals surface area contributed by atoms with Gasteiger partial charge in [0.2, 0.25) is 0 Å². The molecule has 0 saturated carbocycles. The molecule has 1 fully saturated rings. The lowest BCUT2D eigenvalue weighted by Crippen LogP contribution is -2.32. The number of carboxylic acids is 1. The van der Waals surface area contributed by atoms with E-state index in [0.29, 0.717) is 32.3 Å². The number of primary amides is 1. The van der Waals surface area contributed by atoms with Crippen molar-refractivity contribution >= 4 is 61.6 Å². The van der Waals surface area contributed by atoms with Gasteiger partial charge in [0.25, 0.3) is 5.91 Å². The number of hydrogen-bond acceptors (Lipinski definition) is 7. The Morgan fingerprint density at radius 1 is 1.07 bits per heavy atom. The van der Waals surface area contributed by atoms with Crippen molar-refractivity contribution in [2.75, 3.05) is 22.1 Å². The summed E-state index contributed by atoms with van der Waals surface area (Å²) in [6.07, 6.45) is 1.68. The number of nitrogens with two attached hydrogens (primary N) is 1. The number of pyridine rings is 1.